The van der Waals surface area contributed by atoms with Crippen molar-refractivity contribution in [3.05, 3.63) is 0 Å². The summed E-state index contributed by atoms with van der Waals surface area (Å²) in [6.07, 6.45) is 0.728. The van der Waals surface area contributed by atoms with Crippen LogP contribution in [0.15, 0.2) is 0 Å². The summed E-state index contributed by atoms with van der Waals surface area (Å²) in [5.41, 5.74) is 4.96. The molecule has 1 aliphatic heterocycles. The minimum absolute atomic E-state index is 0.0637. The average Bonchev–Trinajstić information content (AvgIpc) is 2.05. The van der Waals surface area contributed by atoms with Gasteiger partial charge in [0.05, 0.1) is 0 Å². The highest BCUT2D eigenvalue weighted by atomic mass is 16.3. The molecule has 4 nitrogen and oxygen atoms in total. The quantitative estimate of drug-likeness (QED) is 0.474. The lowest BCUT2D eigenvalue weighted by Gasteiger charge is -2.24. The number of carbonyl (C=O) groups excluding carboxylic acids is 1. The molecular weight excluding hydrogens is 144 g/mol. The number of rotatable bonds is 2. The van der Waals surface area contributed by atoms with Crippen LogP contribution in [0.5, 0.6) is 0 Å². The molecule has 1 heterocycles. The molecule has 1 saturated heterocycles. The second-order valence-electron chi connectivity index (χ2n) is 2.93. The van der Waals surface area contributed by atoms with E-state index < -0.39 is 12.0 Å². The highest BCUT2D eigenvalue weighted by Gasteiger charge is 2.25. The van der Waals surface area contributed by atoms with Gasteiger partial charge in [-0.15, -0.1) is 0 Å². The van der Waals surface area contributed by atoms with Gasteiger partial charge >= 0.3 is 0 Å². The van der Waals surface area contributed by atoms with Crippen LogP contribution in [0.1, 0.15) is 12.8 Å². The van der Waals surface area contributed by atoms with Gasteiger partial charge in [-0.25, -0.2) is 0 Å². The van der Waals surface area contributed by atoms with Crippen molar-refractivity contribution in [1.82, 2.24) is 5.32 Å². The summed E-state index contributed by atoms with van der Waals surface area (Å²) < 4.78 is 0. The van der Waals surface area contributed by atoms with Crippen molar-refractivity contribution in [2.24, 2.45) is 11.7 Å². The van der Waals surface area contributed by atoms with Crippen molar-refractivity contribution in [2.75, 3.05) is 13.1 Å². The molecule has 0 aliphatic carbocycles. The zero-order valence-corrected chi connectivity index (χ0v) is 6.42. The summed E-state index contributed by atoms with van der Waals surface area (Å²) in [4.78, 5) is 10.6. The number of nitrogens with one attached hydrogen (secondary N) is 1. The Morgan fingerprint density at radius 3 is 2.55 bits per heavy atom. The third kappa shape index (κ3) is 2.17. The second-order valence-corrected chi connectivity index (χ2v) is 2.93. The summed E-state index contributed by atoms with van der Waals surface area (Å²) >= 11 is 0. The number of piperidine rings is 1. The van der Waals surface area contributed by atoms with Gasteiger partial charge in [0.1, 0.15) is 6.10 Å². The summed E-state index contributed by atoms with van der Waals surface area (Å²) in [5, 5.41) is 12.4. The first-order valence-corrected chi connectivity index (χ1v) is 3.90. The molecule has 0 unspecified atom stereocenters. The minimum Gasteiger partial charge on any atom is -0.383 e. The van der Waals surface area contributed by atoms with Gasteiger partial charge in [-0.2, -0.15) is 0 Å². The van der Waals surface area contributed by atoms with E-state index in [0.717, 1.165) is 25.9 Å². The molecule has 11 heavy (non-hydrogen) atoms. The van der Waals surface area contributed by atoms with E-state index in [1.165, 1.54) is 0 Å². The normalized spacial score (nSPS) is 23.0. The number of hydrogen-bond acceptors (Lipinski definition) is 3. The smallest absolute Gasteiger partial charge is 0.246 e. The van der Waals surface area contributed by atoms with Crippen LogP contribution in [-0.2, 0) is 4.79 Å². The van der Waals surface area contributed by atoms with Crippen LogP contribution in [0.2, 0.25) is 0 Å². The minimum atomic E-state index is -0.947. The highest BCUT2D eigenvalue weighted by molar-refractivity contribution is 5.78. The zero-order chi connectivity index (χ0) is 8.27. The Labute approximate surface area is 65.8 Å². The standard InChI is InChI=1S/C7H14N2O2/c8-7(11)6(10)5-1-3-9-4-2-5/h5-6,9-10H,1-4H2,(H2,8,11)/t6-/m0/s1. The van der Waals surface area contributed by atoms with Gasteiger partial charge in [0, 0.05) is 0 Å². The number of aliphatic hydroxyl groups is 1. The summed E-state index contributed by atoms with van der Waals surface area (Å²) in [5.74, 6) is -0.536. The van der Waals surface area contributed by atoms with Crippen molar-refractivity contribution in [1.29, 1.82) is 0 Å². The number of carbonyl (C=O) groups is 1. The fourth-order valence-corrected chi connectivity index (χ4v) is 1.39. The molecule has 64 valence electrons. The summed E-state index contributed by atoms with van der Waals surface area (Å²) in [7, 11) is 0. The third-order valence-corrected chi connectivity index (χ3v) is 2.12. The van der Waals surface area contributed by atoms with Gasteiger partial charge in [-0.3, -0.25) is 4.79 Å². The predicted octanol–water partition coefficient (Wildman–Crippen LogP) is -1.17. The monoisotopic (exact) mass is 158 g/mol. The van der Waals surface area contributed by atoms with Gasteiger partial charge in [0.15, 0.2) is 0 Å². The Hall–Kier alpha value is -0.610. The maximum atomic E-state index is 10.6. The van der Waals surface area contributed by atoms with E-state index in [0.29, 0.717) is 0 Å². The molecule has 0 spiro atoms. The van der Waals surface area contributed by atoms with Crippen LogP contribution >= 0.6 is 0 Å². The number of hydrogen-bond donors (Lipinski definition) is 3. The van der Waals surface area contributed by atoms with Gasteiger partial charge in [0.2, 0.25) is 5.91 Å². The first-order valence-electron chi connectivity index (χ1n) is 3.90. The maximum Gasteiger partial charge on any atom is 0.246 e. The molecular formula is C7H14N2O2. The second kappa shape index (κ2) is 3.69. The lowest BCUT2D eigenvalue weighted by molar-refractivity contribution is -0.129. The van der Waals surface area contributed by atoms with Crippen LogP contribution in [0, 0.1) is 5.92 Å². The van der Waals surface area contributed by atoms with Crippen LogP contribution in [0.25, 0.3) is 0 Å². The molecule has 4 N–H and O–H groups in total. The molecule has 1 fully saturated rings. The summed E-state index contributed by atoms with van der Waals surface area (Å²) in [6, 6.07) is 0. The molecule has 1 amide bonds. The molecule has 0 aromatic rings. The van der Waals surface area contributed by atoms with Gasteiger partial charge in [-0.1, -0.05) is 0 Å². The molecule has 0 radical (unpaired) electrons. The SMILES string of the molecule is NC(=O)[C@@H](O)C1CCNCC1. The van der Waals surface area contributed by atoms with Crippen LogP contribution in [0.4, 0.5) is 0 Å². The topological polar surface area (TPSA) is 75.4 Å². The van der Waals surface area contributed by atoms with Crippen LogP contribution in [0.3, 0.4) is 0 Å². The molecule has 0 bridgehead atoms. The van der Waals surface area contributed by atoms with Crippen molar-refractivity contribution >= 4 is 5.91 Å². The zero-order valence-electron chi connectivity index (χ0n) is 6.42. The third-order valence-electron chi connectivity index (χ3n) is 2.12. The molecule has 0 saturated carbocycles. The first kappa shape index (κ1) is 8.49. The van der Waals surface area contributed by atoms with E-state index in [9.17, 15) is 9.90 Å². The fraction of sp³-hybridized carbons (Fsp3) is 0.857. The Bertz CT molecular complexity index is 143. The van der Waals surface area contributed by atoms with E-state index in [4.69, 9.17) is 5.73 Å². The van der Waals surface area contributed by atoms with Crippen LogP contribution in [-0.4, -0.2) is 30.2 Å². The molecule has 1 aliphatic rings. The Morgan fingerprint density at radius 1 is 1.55 bits per heavy atom. The Balaban J connectivity index is 2.38. The fourth-order valence-electron chi connectivity index (χ4n) is 1.39. The van der Waals surface area contributed by atoms with Crippen molar-refractivity contribution in [3.8, 4) is 0 Å². The van der Waals surface area contributed by atoms with Gasteiger partial charge in [0.25, 0.3) is 0 Å². The largest absolute Gasteiger partial charge is 0.383 e. The van der Waals surface area contributed by atoms with Gasteiger partial charge in [-0.05, 0) is 31.8 Å². The van der Waals surface area contributed by atoms with Crippen molar-refractivity contribution < 1.29 is 9.90 Å². The van der Waals surface area contributed by atoms with E-state index in [2.05, 4.69) is 5.32 Å². The Kier molecular flexibility index (Phi) is 2.84. The number of nitrogens with two attached hydrogens (primary N) is 1. The molecule has 1 rings (SSSR count). The highest BCUT2D eigenvalue weighted by Crippen LogP contribution is 2.15. The first-order chi connectivity index (χ1) is 5.22. The number of aliphatic hydroxyl groups excluding tert-OH is 1. The van der Waals surface area contributed by atoms with E-state index in [1.807, 2.05) is 0 Å². The van der Waals surface area contributed by atoms with E-state index in [-0.39, 0.29) is 5.92 Å². The molecule has 0 aromatic carbocycles. The van der Waals surface area contributed by atoms with E-state index >= 15 is 0 Å². The number of primary amides is 1. The lowest BCUT2D eigenvalue weighted by atomic mass is 9.92. The Morgan fingerprint density at radius 2 is 2.09 bits per heavy atom. The van der Waals surface area contributed by atoms with Crippen LogP contribution < -0.4 is 11.1 Å². The lowest BCUT2D eigenvalue weighted by Crippen LogP contribution is -2.40. The average molecular weight is 158 g/mol. The van der Waals surface area contributed by atoms with E-state index in [1.54, 1.807) is 0 Å². The maximum absolute atomic E-state index is 10.6. The van der Waals surface area contributed by atoms with Gasteiger partial charge < -0.3 is 16.2 Å². The molecule has 1 atom stereocenters. The predicted molar refractivity (Wildman–Crippen MR) is 40.8 cm³/mol. The van der Waals surface area contributed by atoms with Crippen molar-refractivity contribution in [3.63, 3.8) is 0 Å². The molecule has 0 aromatic heterocycles. The molecule has 4 heteroatoms. The van der Waals surface area contributed by atoms with Crippen molar-refractivity contribution in [2.45, 2.75) is 18.9 Å². The summed E-state index contributed by atoms with van der Waals surface area (Å²) in [6.45, 7) is 1.74. The number of amides is 1.